The van der Waals surface area contributed by atoms with E-state index in [1.54, 1.807) is 7.11 Å². The Bertz CT molecular complexity index is 120. The largest absolute Gasteiger partial charge is 0.373 e. The van der Waals surface area contributed by atoms with Crippen molar-refractivity contribution in [3.05, 3.63) is 0 Å². The molecule has 0 aromatic heterocycles. The van der Waals surface area contributed by atoms with Crippen LogP contribution in [0.15, 0.2) is 0 Å². The highest BCUT2D eigenvalue weighted by Crippen LogP contribution is 2.19. The minimum Gasteiger partial charge on any atom is -0.373 e. The molecule has 0 atom stereocenters. The Morgan fingerprint density at radius 1 is 1.33 bits per heavy atom. The maximum absolute atomic E-state index is 5.35. The molecule has 0 N–H and O–H groups in total. The number of rotatable bonds is 4. The van der Waals surface area contributed by atoms with Crippen LogP contribution in [0.4, 0.5) is 0 Å². The number of methoxy groups -OCH3 is 1. The van der Waals surface area contributed by atoms with Crippen LogP contribution in [-0.2, 0) is 18.9 Å². The van der Waals surface area contributed by atoms with Gasteiger partial charge in [-0.15, -0.1) is 0 Å². The zero-order valence-corrected chi connectivity index (χ0v) is 7.67. The molecule has 0 bridgehead atoms. The molecule has 0 aromatic carbocycles. The first-order chi connectivity index (χ1) is 5.83. The first-order valence-corrected chi connectivity index (χ1v) is 4.24. The molecule has 0 radical (unpaired) electrons. The zero-order valence-electron chi connectivity index (χ0n) is 7.67. The molecule has 0 amide bonds. The lowest BCUT2D eigenvalue weighted by Gasteiger charge is -2.34. The molecule has 4 heteroatoms. The lowest BCUT2D eigenvalue weighted by Crippen LogP contribution is -2.46. The SMILES string of the molecule is CCOCC1(OC)OCCCO1. The molecule has 1 aliphatic rings. The van der Waals surface area contributed by atoms with Crippen LogP contribution in [-0.4, -0.2) is 39.5 Å². The highest BCUT2D eigenvalue weighted by molar-refractivity contribution is 4.60. The Hall–Kier alpha value is -0.160. The molecule has 0 spiro atoms. The second kappa shape index (κ2) is 4.77. The Kier molecular flexibility index (Phi) is 3.94. The Labute approximate surface area is 72.7 Å². The van der Waals surface area contributed by atoms with E-state index in [2.05, 4.69) is 0 Å². The third kappa shape index (κ3) is 2.42. The molecule has 0 unspecified atom stereocenters. The third-order valence-electron chi connectivity index (χ3n) is 1.73. The van der Waals surface area contributed by atoms with Crippen molar-refractivity contribution in [2.75, 3.05) is 33.5 Å². The Morgan fingerprint density at radius 3 is 2.50 bits per heavy atom. The summed E-state index contributed by atoms with van der Waals surface area (Å²) in [6.07, 6.45) is 0.914. The fourth-order valence-electron chi connectivity index (χ4n) is 1.04. The number of hydrogen-bond donors (Lipinski definition) is 0. The molecule has 72 valence electrons. The fourth-order valence-corrected chi connectivity index (χ4v) is 1.04. The lowest BCUT2D eigenvalue weighted by molar-refractivity contribution is -0.403. The van der Waals surface area contributed by atoms with Crippen LogP contribution in [0.25, 0.3) is 0 Å². The monoisotopic (exact) mass is 176 g/mol. The van der Waals surface area contributed by atoms with Crippen molar-refractivity contribution in [3.63, 3.8) is 0 Å². The van der Waals surface area contributed by atoms with E-state index in [9.17, 15) is 0 Å². The predicted octanol–water partition coefficient (Wildman–Crippen LogP) is 0.760. The summed E-state index contributed by atoms with van der Waals surface area (Å²) in [6.45, 7) is 4.23. The van der Waals surface area contributed by atoms with Gasteiger partial charge < -0.3 is 18.9 Å². The second-order valence-corrected chi connectivity index (χ2v) is 2.57. The van der Waals surface area contributed by atoms with Gasteiger partial charge in [-0.05, 0) is 13.3 Å². The van der Waals surface area contributed by atoms with Crippen LogP contribution >= 0.6 is 0 Å². The van der Waals surface area contributed by atoms with E-state index >= 15 is 0 Å². The van der Waals surface area contributed by atoms with Gasteiger partial charge in [-0.1, -0.05) is 0 Å². The molecule has 1 aliphatic heterocycles. The average molecular weight is 176 g/mol. The van der Waals surface area contributed by atoms with Gasteiger partial charge in [0.2, 0.25) is 0 Å². The van der Waals surface area contributed by atoms with Crippen molar-refractivity contribution < 1.29 is 18.9 Å². The van der Waals surface area contributed by atoms with Crippen LogP contribution in [0.1, 0.15) is 13.3 Å². The maximum atomic E-state index is 5.35. The molecular weight excluding hydrogens is 160 g/mol. The van der Waals surface area contributed by atoms with Gasteiger partial charge in [0.05, 0.1) is 13.2 Å². The molecule has 1 rings (SSSR count). The fraction of sp³-hybridized carbons (Fsp3) is 1.00. The van der Waals surface area contributed by atoms with E-state index in [0.717, 1.165) is 6.42 Å². The standard InChI is InChI=1S/C8H16O4/c1-3-10-7-8(9-2)11-5-4-6-12-8/h3-7H2,1-2H3. The summed E-state index contributed by atoms with van der Waals surface area (Å²) >= 11 is 0. The summed E-state index contributed by atoms with van der Waals surface area (Å²) in [7, 11) is 1.56. The summed E-state index contributed by atoms with van der Waals surface area (Å²) in [6, 6.07) is 0. The van der Waals surface area contributed by atoms with Crippen molar-refractivity contribution in [1.82, 2.24) is 0 Å². The quantitative estimate of drug-likeness (QED) is 0.633. The van der Waals surface area contributed by atoms with Gasteiger partial charge in [-0.3, -0.25) is 0 Å². The van der Waals surface area contributed by atoms with E-state index in [1.807, 2.05) is 6.92 Å². The van der Waals surface area contributed by atoms with Crippen LogP contribution in [0.2, 0.25) is 0 Å². The second-order valence-electron chi connectivity index (χ2n) is 2.57. The molecule has 12 heavy (non-hydrogen) atoms. The predicted molar refractivity (Wildman–Crippen MR) is 42.8 cm³/mol. The summed E-state index contributed by atoms with van der Waals surface area (Å²) in [5.41, 5.74) is 0. The van der Waals surface area contributed by atoms with Crippen molar-refractivity contribution in [2.24, 2.45) is 0 Å². The van der Waals surface area contributed by atoms with E-state index in [4.69, 9.17) is 18.9 Å². The zero-order chi connectivity index (χ0) is 8.86. The smallest absolute Gasteiger partial charge is 0.307 e. The van der Waals surface area contributed by atoms with Gasteiger partial charge in [0.1, 0.15) is 6.61 Å². The van der Waals surface area contributed by atoms with E-state index in [-0.39, 0.29) is 0 Å². The third-order valence-corrected chi connectivity index (χ3v) is 1.73. The minimum absolute atomic E-state index is 0.333. The normalized spacial score (nSPS) is 22.5. The van der Waals surface area contributed by atoms with Crippen molar-refractivity contribution in [1.29, 1.82) is 0 Å². The van der Waals surface area contributed by atoms with Crippen molar-refractivity contribution in [3.8, 4) is 0 Å². The van der Waals surface area contributed by atoms with Gasteiger partial charge in [-0.2, -0.15) is 0 Å². The van der Waals surface area contributed by atoms with Crippen LogP contribution in [0.5, 0.6) is 0 Å². The van der Waals surface area contributed by atoms with Crippen LogP contribution in [0, 0.1) is 0 Å². The molecule has 0 saturated carbocycles. The summed E-state index contributed by atoms with van der Waals surface area (Å²) in [5.74, 6) is -0.950. The van der Waals surface area contributed by atoms with E-state index in [0.29, 0.717) is 26.4 Å². The van der Waals surface area contributed by atoms with E-state index in [1.165, 1.54) is 0 Å². The molecule has 1 saturated heterocycles. The topological polar surface area (TPSA) is 36.9 Å². The highest BCUT2D eigenvalue weighted by Gasteiger charge is 2.35. The van der Waals surface area contributed by atoms with Gasteiger partial charge in [0.25, 0.3) is 0 Å². The van der Waals surface area contributed by atoms with Gasteiger partial charge in [0.15, 0.2) is 0 Å². The molecule has 0 aliphatic carbocycles. The minimum atomic E-state index is -0.950. The summed E-state index contributed by atoms with van der Waals surface area (Å²) < 4.78 is 21.0. The van der Waals surface area contributed by atoms with Gasteiger partial charge >= 0.3 is 5.97 Å². The van der Waals surface area contributed by atoms with Crippen molar-refractivity contribution >= 4 is 0 Å². The average Bonchev–Trinajstić information content (AvgIpc) is 2.16. The van der Waals surface area contributed by atoms with E-state index < -0.39 is 5.97 Å². The molecule has 4 nitrogen and oxygen atoms in total. The number of hydrogen-bond acceptors (Lipinski definition) is 4. The lowest BCUT2D eigenvalue weighted by atomic mass is 10.4. The Morgan fingerprint density at radius 2 is 2.00 bits per heavy atom. The summed E-state index contributed by atoms with van der Waals surface area (Å²) in [4.78, 5) is 0. The van der Waals surface area contributed by atoms with Crippen LogP contribution < -0.4 is 0 Å². The molecule has 1 heterocycles. The summed E-state index contributed by atoms with van der Waals surface area (Å²) in [5, 5.41) is 0. The van der Waals surface area contributed by atoms with Gasteiger partial charge in [0, 0.05) is 13.7 Å². The first kappa shape index (κ1) is 9.92. The molecular formula is C8H16O4. The first-order valence-electron chi connectivity index (χ1n) is 4.24. The van der Waals surface area contributed by atoms with Crippen molar-refractivity contribution in [2.45, 2.75) is 19.3 Å². The van der Waals surface area contributed by atoms with Crippen LogP contribution in [0.3, 0.4) is 0 Å². The molecule has 0 aromatic rings. The molecule has 1 fully saturated rings. The maximum Gasteiger partial charge on any atom is 0.307 e. The van der Waals surface area contributed by atoms with Gasteiger partial charge in [-0.25, -0.2) is 0 Å². The Balaban J connectivity index is 2.37. The number of ether oxygens (including phenoxy) is 4. The highest BCUT2D eigenvalue weighted by atomic mass is 16.9.